The molecular formula is C11H13N4+. The molecule has 0 saturated heterocycles. The monoisotopic (exact) mass is 201 g/mol. The number of nitrogens with zero attached hydrogens (tertiary/aromatic N) is 4. The van der Waals surface area contributed by atoms with Crippen molar-refractivity contribution in [3.05, 3.63) is 48.5 Å². The molecule has 0 atom stereocenters. The molecule has 1 aromatic heterocycles. The highest BCUT2D eigenvalue weighted by Gasteiger charge is 2.01. The van der Waals surface area contributed by atoms with Crippen molar-refractivity contribution < 1.29 is 4.68 Å². The summed E-state index contributed by atoms with van der Waals surface area (Å²) in [6, 6.07) is 10.1. The van der Waals surface area contributed by atoms with Crippen LogP contribution in [0.4, 0.5) is 0 Å². The van der Waals surface area contributed by atoms with Gasteiger partial charge >= 0.3 is 0 Å². The molecule has 0 fully saturated rings. The minimum absolute atomic E-state index is 0.966. The molecule has 0 amide bonds. The zero-order valence-electron chi connectivity index (χ0n) is 8.83. The zero-order chi connectivity index (χ0) is 10.7. The van der Waals surface area contributed by atoms with Gasteiger partial charge in [-0.1, -0.05) is 30.3 Å². The van der Waals surface area contributed by atoms with Crippen molar-refractivity contribution in [1.29, 1.82) is 0 Å². The van der Waals surface area contributed by atoms with Gasteiger partial charge in [0.2, 0.25) is 6.33 Å². The Morgan fingerprint density at radius 1 is 1.33 bits per heavy atom. The van der Waals surface area contributed by atoms with Crippen LogP contribution in [0.1, 0.15) is 12.5 Å². The van der Waals surface area contributed by atoms with Crippen molar-refractivity contribution in [3.63, 3.8) is 0 Å². The number of rotatable bonds is 2. The second-order valence-corrected chi connectivity index (χ2v) is 3.35. The van der Waals surface area contributed by atoms with Crippen LogP contribution < -0.4 is 4.68 Å². The van der Waals surface area contributed by atoms with Crippen LogP contribution in [-0.4, -0.2) is 15.5 Å². The first kappa shape index (κ1) is 9.58. The molecule has 1 heterocycles. The highest BCUT2D eigenvalue weighted by atomic mass is 15.5. The summed E-state index contributed by atoms with van der Waals surface area (Å²) in [5.74, 6) is 0. The van der Waals surface area contributed by atoms with E-state index in [1.807, 2.05) is 50.6 Å². The van der Waals surface area contributed by atoms with E-state index in [1.165, 1.54) is 0 Å². The van der Waals surface area contributed by atoms with Crippen LogP contribution >= 0.6 is 0 Å². The lowest BCUT2D eigenvalue weighted by molar-refractivity contribution is -0.679. The Morgan fingerprint density at radius 2 is 2.07 bits per heavy atom. The third-order valence-corrected chi connectivity index (χ3v) is 2.09. The van der Waals surface area contributed by atoms with E-state index in [2.05, 4.69) is 10.2 Å². The Kier molecular flexibility index (Phi) is 2.58. The molecule has 0 spiro atoms. The van der Waals surface area contributed by atoms with Crippen molar-refractivity contribution in [3.8, 4) is 0 Å². The van der Waals surface area contributed by atoms with Crippen LogP contribution in [0.3, 0.4) is 0 Å². The lowest BCUT2D eigenvalue weighted by Gasteiger charge is -1.96. The van der Waals surface area contributed by atoms with Crippen molar-refractivity contribution in [2.24, 2.45) is 12.1 Å². The minimum Gasteiger partial charge on any atom is -0.116 e. The van der Waals surface area contributed by atoms with E-state index in [-0.39, 0.29) is 0 Å². The summed E-state index contributed by atoms with van der Waals surface area (Å²) in [5, 5.41) is 8.44. The lowest BCUT2D eigenvalue weighted by atomic mass is 10.1. The Morgan fingerprint density at radius 3 is 2.67 bits per heavy atom. The van der Waals surface area contributed by atoms with Gasteiger partial charge in [0.25, 0.3) is 6.33 Å². The highest BCUT2D eigenvalue weighted by molar-refractivity contribution is 5.98. The molecule has 1 aromatic carbocycles. The van der Waals surface area contributed by atoms with Crippen LogP contribution in [0.2, 0.25) is 0 Å². The van der Waals surface area contributed by atoms with Gasteiger partial charge in [0, 0.05) is 5.10 Å². The molecule has 0 radical (unpaired) electrons. The average molecular weight is 201 g/mol. The average Bonchev–Trinajstić information content (AvgIpc) is 2.65. The van der Waals surface area contributed by atoms with Gasteiger partial charge in [-0.25, -0.2) is 0 Å². The molecule has 0 unspecified atom stereocenters. The summed E-state index contributed by atoms with van der Waals surface area (Å²) in [4.78, 5) is 0. The van der Waals surface area contributed by atoms with Gasteiger partial charge in [-0.05, 0) is 12.5 Å². The molecule has 4 nitrogen and oxygen atoms in total. The van der Waals surface area contributed by atoms with Crippen molar-refractivity contribution >= 4 is 5.71 Å². The molecule has 15 heavy (non-hydrogen) atoms. The van der Waals surface area contributed by atoms with Gasteiger partial charge in [-0.2, -0.15) is 0 Å². The van der Waals surface area contributed by atoms with E-state index < -0.39 is 0 Å². The van der Waals surface area contributed by atoms with E-state index >= 15 is 0 Å². The second-order valence-electron chi connectivity index (χ2n) is 3.35. The third kappa shape index (κ3) is 2.28. The lowest BCUT2D eigenvalue weighted by Crippen LogP contribution is -2.26. The maximum Gasteiger partial charge on any atom is 0.288 e. The van der Waals surface area contributed by atoms with Crippen LogP contribution in [0, 0.1) is 0 Å². The molecule has 2 rings (SSSR count). The summed E-state index contributed by atoms with van der Waals surface area (Å²) >= 11 is 0. The molecule has 76 valence electrons. The van der Waals surface area contributed by atoms with Crippen LogP contribution in [-0.2, 0) is 7.05 Å². The van der Waals surface area contributed by atoms with Crippen molar-refractivity contribution in [2.45, 2.75) is 6.92 Å². The molecule has 0 aliphatic rings. The minimum atomic E-state index is 0.966. The summed E-state index contributed by atoms with van der Waals surface area (Å²) in [6.07, 6.45) is 3.48. The standard InChI is InChI=1S/C11H13N4/c1-10(11-6-4-3-5-7-11)13-15-8-12-14(2)9-15/h3-9H,1-2H3/q+1. The number of aryl methyl sites for hydroxylation is 1. The van der Waals surface area contributed by atoms with E-state index in [0.717, 1.165) is 11.3 Å². The van der Waals surface area contributed by atoms with Crippen LogP contribution in [0.25, 0.3) is 0 Å². The normalized spacial score (nSPS) is 11.7. The summed E-state index contributed by atoms with van der Waals surface area (Å²) in [7, 11) is 1.86. The molecule has 0 aliphatic carbocycles. The van der Waals surface area contributed by atoms with E-state index in [4.69, 9.17) is 0 Å². The number of hydrogen-bond donors (Lipinski definition) is 0. The maximum absolute atomic E-state index is 4.40. The molecule has 4 heteroatoms. The van der Waals surface area contributed by atoms with Crippen LogP contribution in [0.5, 0.6) is 0 Å². The molecule has 0 aliphatic heterocycles. The quantitative estimate of drug-likeness (QED) is 0.527. The fraction of sp³-hybridized carbons (Fsp3) is 0.182. The van der Waals surface area contributed by atoms with Gasteiger partial charge in [0.1, 0.15) is 0 Å². The van der Waals surface area contributed by atoms with Gasteiger partial charge in [-0.3, -0.25) is 0 Å². The summed E-state index contributed by atoms with van der Waals surface area (Å²) < 4.78 is 3.41. The molecule has 0 saturated carbocycles. The Balaban J connectivity index is 2.28. The van der Waals surface area contributed by atoms with Gasteiger partial charge in [0.05, 0.1) is 12.8 Å². The highest BCUT2D eigenvalue weighted by Crippen LogP contribution is 1.99. The first-order chi connectivity index (χ1) is 7.25. The summed E-state index contributed by atoms with van der Waals surface area (Å²) in [6.45, 7) is 1.98. The Bertz CT molecular complexity index is 470. The van der Waals surface area contributed by atoms with E-state index in [0.29, 0.717) is 0 Å². The predicted molar refractivity (Wildman–Crippen MR) is 57.5 cm³/mol. The molecular weight excluding hydrogens is 188 g/mol. The SMILES string of the molecule is CC(=N[n+]1cnn(C)c1)c1ccccc1. The molecule has 0 bridgehead atoms. The van der Waals surface area contributed by atoms with Crippen molar-refractivity contribution in [2.75, 3.05) is 0 Å². The second kappa shape index (κ2) is 4.04. The van der Waals surface area contributed by atoms with Crippen molar-refractivity contribution in [1.82, 2.24) is 9.78 Å². The van der Waals surface area contributed by atoms with Gasteiger partial charge in [-0.15, -0.1) is 14.5 Å². The molecule has 2 aromatic rings. The maximum atomic E-state index is 4.40. The van der Waals surface area contributed by atoms with E-state index in [1.54, 1.807) is 15.7 Å². The van der Waals surface area contributed by atoms with Gasteiger partial charge < -0.3 is 0 Å². The number of aromatic nitrogens is 3. The first-order valence-corrected chi connectivity index (χ1v) is 4.76. The molecule has 0 N–H and O–H groups in total. The topological polar surface area (TPSA) is 34.1 Å². The summed E-state index contributed by atoms with van der Waals surface area (Å²) in [5.41, 5.74) is 2.09. The fourth-order valence-corrected chi connectivity index (χ4v) is 1.33. The first-order valence-electron chi connectivity index (χ1n) is 4.76. The number of benzene rings is 1. The van der Waals surface area contributed by atoms with Gasteiger partial charge in [0.15, 0.2) is 0 Å². The number of hydrogen-bond acceptors (Lipinski definition) is 2. The third-order valence-electron chi connectivity index (χ3n) is 2.09. The Labute approximate surface area is 88.5 Å². The Hall–Kier alpha value is -1.97. The van der Waals surface area contributed by atoms with E-state index in [9.17, 15) is 0 Å². The smallest absolute Gasteiger partial charge is 0.116 e. The zero-order valence-corrected chi connectivity index (χ0v) is 8.83. The predicted octanol–water partition coefficient (Wildman–Crippen LogP) is 0.980. The largest absolute Gasteiger partial charge is 0.288 e. The fourth-order valence-electron chi connectivity index (χ4n) is 1.33. The van der Waals surface area contributed by atoms with Crippen LogP contribution in [0.15, 0.2) is 48.1 Å².